The van der Waals surface area contributed by atoms with Gasteiger partial charge in [-0.05, 0) is 18.6 Å². The lowest BCUT2D eigenvalue weighted by Crippen LogP contribution is -2.32. The summed E-state index contributed by atoms with van der Waals surface area (Å²) in [7, 11) is 0. The molecule has 0 bridgehead atoms. The normalized spacial score (nSPS) is 19.7. The van der Waals surface area contributed by atoms with Gasteiger partial charge in [0.15, 0.2) is 0 Å². The molecule has 3 N–H and O–H groups in total. The van der Waals surface area contributed by atoms with Gasteiger partial charge in [-0.2, -0.15) is 5.10 Å². The van der Waals surface area contributed by atoms with E-state index in [2.05, 4.69) is 22.3 Å². The van der Waals surface area contributed by atoms with Gasteiger partial charge in [0.2, 0.25) is 0 Å². The number of hydrogen-bond donors (Lipinski definition) is 2. The highest BCUT2D eigenvalue weighted by molar-refractivity contribution is 6.00. The Bertz CT molecular complexity index is 919. The van der Waals surface area contributed by atoms with Crippen LogP contribution < -0.4 is 5.73 Å². The lowest BCUT2D eigenvalue weighted by Gasteiger charge is -2.16. The van der Waals surface area contributed by atoms with E-state index in [-0.39, 0.29) is 17.9 Å². The van der Waals surface area contributed by atoms with Gasteiger partial charge in [0, 0.05) is 30.6 Å². The van der Waals surface area contributed by atoms with Crippen molar-refractivity contribution in [1.29, 1.82) is 0 Å². The maximum atomic E-state index is 13.1. The second-order valence-corrected chi connectivity index (χ2v) is 6.92. The number of aromatic amines is 1. The van der Waals surface area contributed by atoms with Crippen LogP contribution in [0.25, 0.3) is 11.3 Å². The maximum absolute atomic E-state index is 13.1. The first-order chi connectivity index (χ1) is 12.6. The van der Waals surface area contributed by atoms with E-state index in [4.69, 9.17) is 5.73 Å². The van der Waals surface area contributed by atoms with E-state index in [1.165, 1.54) is 5.56 Å². The quantitative estimate of drug-likeness (QED) is 0.766. The van der Waals surface area contributed by atoms with Crippen LogP contribution in [0.5, 0.6) is 0 Å². The van der Waals surface area contributed by atoms with Crippen molar-refractivity contribution in [1.82, 2.24) is 15.1 Å². The number of carbonyl (C=O) groups excluding carboxylic acids is 1. The number of H-pyrrole nitrogens is 1. The zero-order valence-corrected chi connectivity index (χ0v) is 14.7. The summed E-state index contributed by atoms with van der Waals surface area (Å²) in [5.74, 6) is 0.138. The number of amides is 1. The minimum absolute atomic E-state index is 0.0239. The molecule has 132 valence electrons. The molecular formula is C21H22N4O. The summed E-state index contributed by atoms with van der Waals surface area (Å²) in [5, 5.41) is 7.09. The summed E-state index contributed by atoms with van der Waals surface area (Å²) in [6.45, 7) is 3.21. The fourth-order valence-corrected chi connectivity index (χ4v) is 3.69. The summed E-state index contributed by atoms with van der Waals surface area (Å²) < 4.78 is 0. The second kappa shape index (κ2) is 6.77. The SMILES string of the molecule is Cc1cccc(-c2[nH]ncc2C(=O)N2C[C@H](c3ccccc3)[C@@H](N)C2)c1. The molecule has 0 radical (unpaired) electrons. The van der Waals surface area contributed by atoms with Crippen LogP contribution >= 0.6 is 0 Å². The van der Waals surface area contributed by atoms with E-state index in [0.29, 0.717) is 18.7 Å². The zero-order valence-electron chi connectivity index (χ0n) is 14.7. The predicted octanol–water partition coefficient (Wildman–Crippen LogP) is 2.95. The number of carbonyl (C=O) groups is 1. The molecule has 2 atom stereocenters. The molecule has 1 aliphatic heterocycles. The number of nitrogens with one attached hydrogen (secondary N) is 1. The Hall–Kier alpha value is -2.92. The van der Waals surface area contributed by atoms with E-state index in [1.807, 2.05) is 54.3 Å². The number of aryl methyl sites for hydroxylation is 1. The van der Waals surface area contributed by atoms with Gasteiger partial charge in [0.25, 0.3) is 5.91 Å². The first-order valence-electron chi connectivity index (χ1n) is 8.83. The van der Waals surface area contributed by atoms with Gasteiger partial charge < -0.3 is 10.6 Å². The minimum Gasteiger partial charge on any atom is -0.336 e. The van der Waals surface area contributed by atoms with Gasteiger partial charge in [-0.15, -0.1) is 0 Å². The molecule has 0 saturated carbocycles. The molecule has 2 heterocycles. The fourth-order valence-electron chi connectivity index (χ4n) is 3.69. The van der Waals surface area contributed by atoms with Gasteiger partial charge in [-0.1, -0.05) is 54.1 Å². The molecule has 1 saturated heterocycles. The van der Waals surface area contributed by atoms with E-state index in [0.717, 1.165) is 16.8 Å². The molecule has 2 aromatic carbocycles. The monoisotopic (exact) mass is 346 g/mol. The zero-order chi connectivity index (χ0) is 18.1. The van der Waals surface area contributed by atoms with Crippen molar-refractivity contribution in [2.24, 2.45) is 5.73 Å². The van der Waals surface area contributed by atoms with Crippen LogP contribution in [0.2, 0.25) is 0 Å². The lowest BCUT2D eigenvalue weighted by atomic mass is 9.95. The predicted molar refractivity (Wildman–Crippen MR) is 102 cm³/mol. The van der Waals surface area contributed by atoms with Crippen molar-refractivity contribution in [2.75, 3.05) is 13.1 Å². The first kappa shape index (κ1) is 16.5. The molecule has 0 unspecified atom stereocenters. The number of likely N-dealkylation sites (tertiary alicyclic amines) is 1. The topological polar surface area (TPSA) is 75.0 Å². The van der Waals surface area contributed by atoms with Crippen molar-refractivity contribution in [2.45, 2.75) is 18.9 Å². The number of nitrogens with zero attached hydrogens (tertiary/aromatic N) is 2. The number of benzene rings is 2. The summed E-state index contributed by atoms with van der Waals surface area (Å²) in [5.41, 5.74) is 11.0. The van der Waals surface area contributed by atoms with Crippen LogP contribution in [-0.2, 0) is 0 Å². The standard InChI is InChI=1S/C21H22N4O/c1-14-6-5-9-16(10-14)20-17(11-23-24-20)21(26)25-12-18(19(22)13-25)15-7-3-2-4-8-15/h2-11,18-19H,12-13,22H2,1H3,(H,23,24)/t18-,19+/m1/s1. The van der Waals surface area contributed by atoms with Gasteiger partial charge in [-0.3, -0.25) is 9.89 Å². The van der Waals surface area contributed by atoms with Crippen LogP contribution in [0.1, 0.15) is 27.4 Å². The molecule has 1 amide bonds. The Kier molecular flexibility index (Phi) is 4.31. The Labute approximate surface area is 152 Å². The minimum atomic E-state index is -0.0596. The molecule has 26 heavy (non-hydrogen) atoms. The van der Waals surface area contributed by atoms with Crippen molar-refractivity contribution >= 4 is 5.91 Å². The molecule has 5 heteroatoms. The fraction of sp³-hybridized carbons (Fsp3) is 0.238. The van der Waals surface area contributed by atoms with Crippen LogP contribution in [0, 0.1) is 6.92 Å². The average molecular weight is 346 g/mol. The third kappa shape index (κ3) is 3.02. The molecule has 1 fully saturated rings. The van der Waals surface area contributed by atoms with E-state index in [1.54, 1.807) is 6.20 Å². The van der Waals surface area contributed by atoms with Crippen molar-refractivity contribution in [3.63, 3.8) is 0 Å². The molecular weight excluding hydrogens is 324 g/mol. The number of rotatable bonds is 3. The van der Waals surface area contributed by atoms with Crippen molar-refractivity contribution in [3.05, 3.63) is 77.5 Å². The Morgan fingerprint density at radius 1 is 1.15 bits per heavy atom. The summed E-state index contributed by atoms with van der Waals surface area (Å²) >= 11 is 0. The summed E-state index contributed by atoms with van der Waals surface area (Å²) in [6.07, 6.45) is 1.61. The smallest absolute Gasteiger partial charge is 0.257 e. The van der Waals surface area contributed by atoms with E-state index >= 15 is 0 Å². The number of nitrogens with two attached hydrogens (primary N) is 1. The second-order valence-electron chi connectivity index (χ2n) is 6.92. The number of hydrogen-bond acceptors (Lipinski definition) is 3. The Morgan fingerprint density at radius 3 is 2.73 bits per heavy atom. The summed E-state index contributed by atoms with van der Waals surface area (Å²) in [6, 6.07) is 18.2. The van der Waals surface area contributed by atoms with Gasteiger partial charge in [-0.25, -0.2) is 0 Å². The van der Waals surface area contributed by atoms with Crippen LogP contribution in [0.15, 0.2) is 60.8 Å². The lowest BCUT2D eigenvalue weighted by molar-refractivity contribution is 0.0790. The summed E-state index contributed by atoms with van der Waals surface area (Å²) in [4.78, 5) is 15.0. The van der Waals surface area contributed by atoms with Crippen molar-refractivity contribution < 1.29 is 4.79 Å². The van der Waals surface area contributed by atoms with Gasteiger partial charge >= 0.3 is 0 Å². The highest BCUT2D eigenvalue weighted by atomic mass is 16.2. The highest BCUT2D eigenvalue weighted by Crippen LogP contribution is 2.29. The highest BCUT2D eigenvalue weighted by Gasteiger charge is 2.35. The molecule has 1 aliphatic rings. The molecule has 5 nitrogen and oxygen atoms in total. The van der Waals surface area contributed by atoms with Gasteiger partial charge in [0.05, 0.1) is 17.5 Å². The third-order valence-corrected chi connectivity index (χ3v) is 5.06. The van der Waals surface area contributed by atoms with Gasteiger partial charge in [0.1, 0.15) is 0 Å². The molecule has 4 rings (SSSR count). The third-order valence-electron chi connectivity index (χ3n) is 5.06. The molecule has 1 aromatic heterocycles. The Morgan fingerprint density at radius 2 is 1.96 bits per heavy atom. The molecule has 0 spiro atoms. The van der Waals surface area contributed by atoms with Crippen LogP contribution in [0.4, 0.5) is 0 Å². The Balaban J connectivity index is 1.59. The van der Waals surface area contributed by atoms with E-state index < -0.39 is 0 Å². The van der Waals surface area contributed by atoms with E-state index in [9.17, 15) is 4.79 Å². The number of aromatic nitrogens is 2. The first-order valence-corrected chi connectivity index (χ1v) is 8.83. The van der Waals surface area contributed by atoms with Crippen LogP contribution in [-0.4, -0.2) is 40.1 Å². The van der Waals surface area contributed by atoms with Crippen LogP contribution in [0.3, 0.4) is 0 Å². The molecule has 3 aromatic rings. The molecule has 0 aliphatic carbocycles. The largest absolute Gasteiger partial charge is 0.336 e. The maximum Gasteiger partial charge on any atom is 0.257 e. The average Bonchev–Trinajstić information content (AvgIpc) is 3.29. The van der Waals surface area contributed by atoms with Crippen molar-refractivity contribution in [3.8, 4) is 11.3 Å².